The summed E-state index contributed by atoms with van der Waals surface area (Å²) < 4.78 is 0. The van der Waals surface area contributed by atoms with Gasteiger partial charge in [-0.15, -0.1) is 0 Å². The average Bonchev–Trinajstić information content (AvgIpc) is 2.48. The maximum Gasteiger partial charge on any atom is 0.307 e. The lowest BCUT2D eigenvalue weighted by molar-refractivity contribution is -0.170. The molecule has 126 valence electrons. The highest BCUT2D eigenvalue weighted by atomic mass is 16.4. The van der Waals surface area contributed by atoms with E-state index in [1.54, 1.807) is 0 Å². The van der Waals surface area contributed by atoms with E-state index in [0.29, 0.717) is 11.8 Å². The highest BCUT2D eigenvalue weighted by Crippen LogP contribution is 2.54. The molecule has 6 atom stereocenters. The zero-order valence-electron chi connectivity index (χ0n) is 13.8. The number of aliphatic carboxylic acids is 2. The van der Waals surface area contributed by atoms with Crippen molar-refractivity contribution in [2.75, 3.05) is 0 Å². The second kappa shape index (κ2) is 7.47. The molecular formula is C18H30O4. The maximum absolute atomic E-state index is 11.9. The number of hydrogen-bond acceptors (Lipinski definition) is 2. The summed E-state index contributed by atoms with van der Waals surface area (Å²) in [6.07, 6.45) is 8.07. The van der Waals surface area contributed by atoms with Crippen LogP contribution in [0.2, 0.25) is 0 Å². The van der Waals surface area contributed by atoms with Gasteiger partial charge in [-0.05, 0) is 42.9 Å². The van der Waals surface area contributed by atoms with Crippen molar-refractivity contribution < 1.29 is 19.8 Å². The second-order valence-electron chi connectivity index (χ2n) is 7.25. The molecule has 2 N–H and O–H groups in total. The Balaban J connectivity index is 2.42. The van der Waals surface area contributed by atoms with Gasteiger partial charge >= 0.3 is 11.9 Å². The van der Waals surface area contributed by atoms with E-state index in [4.69, 9.17) is 0 Å². The van der Waals surface area contributed by atoms with Gasteiger partial charge in [0.1, 0.15) is 0 Å². The fraction of sp³-hybridized carbons (Fsp3) is 0.889. The Morgan fingerprint density at radius 3 is 1.82 bits per heavy atom. The monoisotopic (exact) mass is 310 g/mol. The Hall–Kier alpha value is -1.06. The van der Waals surface area contributed by atoms with Crippen molar-refractivity contribution in [2.45, 2.75) is 65.2 Å². The van der Waals surface area contributed by atoms with E-state index in [1.807, 2.05) is 0 Å². The first kappa shape index (κ1) is 17.3. The van der Waals surface area contributed by atoms with Crippen LogP contribution >= 0.6 is 0 Å². The predicted molar refractivity (Wildman–Crippen MR) is 84.5 cm³/mol. The minimum absolute atomic E-state index is 0.0305. The van der Waals surface area contributed by atoms with Crippen LogP contribution in [-0.2, 0) is 9.59 Å². The molecule has 22 heavy (non-hydrogen) atoms. The number of carbonyl (C=O) groups is 2. The Kier molecular flexibility index (Phi) is 5.87. The van der Waals surface area contributed by atoms with Crippen LogP contribution in [0.5, 0.6) is 0 Å². The third-order valence-electron chi connectivity index (χ3n) is 6.10. The summed E-state index contributed by atoms with van der Waals surface area (Å²) in [5.41, 5.74) is 0. The van der Waals surface area contributed by atoms with Gasteiger partial charge in [0.05, 0.1) is 11.8 Å². The molecule has 0 amide bonds. The van der Waals surface area contributed by atoms with Crippen LogP contribution in [-0.4, -0.2) is 22.2 Å². The van der Waals surface area contributed by atoms with Gasteiger partial charge in [0.25, 0.3) is 0 Å². The van der Waals surface area contributed by atoms with Crippen molar-refractivity contribution >= 4 is 11.9 Å². The SMILES string of the molecule is CCCC1C2CCCCC2C(C(=O)O)C(C(=O)O)C1CCC. The first-order valence-electron chi connectivity index (χ1n) is 8.98. The summed E-state index contributed by atoms with van der Waals surface area (Å²) in [5, 5.41) is 19.5. The van der Waals surface area contributed by atoms with Gasteiger partial charge in [-0.3, -0.25) is 9.59 Å². The molecule has 0 heterocycles. The summed E-state index contributed by atoms with van der Waals surface area (Å²) in [6.45, 7) is 4.23. The van der Waals surface area contributed by atoms with E-state index in [9.17, 15) is 19.8 Å². The fourth-order valence-electron chi connectivity index (χ4n) is 5.44. The molecule has 2 fully saturated rings. The van der Waals surface area contributed by atoms with Crippen molar-refractivity contribution in [1.29, 1.82) is 0 Å². The lowest BCUT2D eigenvalue weighted by Gasteiger charge is -2.51. The average molecular weight is 310 g/mol. The minimum Gasteiger partial charge on any atom is -0.481 e. The van der Waals surface area contributed by atoms with E-state index < -0.39 is 23.8 Å². The standard InChI is InChI=1S/C18H30O4/c1-3-7-11-12-9-5-6-10-14(12)16(18(21)22)15(17(19)20)13(11)8-4-2/h11-16H,3-10H2,1-2H3,(H,19,20)(H,21,22). The van der Waals surface area contributed by atoms with Crippen LogP contribution in [0, 0.1) is 35.5 Å². The highest BCUT2D eigenvalue weighted by Gasteiger charge is 2.55. The van der Waals surface area contributed by atoms with Gasteiger partial charge in [-0.25, -0.2) is 0 Å². The Labute approximate surface area is 133 Å². The summed E-state index contributed by atoms with van der Waals surface area (Å²) in [5.74, 6) is -2.26. The summed E-state index contributed by atoms with van der Waals surface area (Å²) in [7, 11) is 0. The van der Waals surface area contributed by atoms with Crippen LogP contribution in [0.15, 0.2) is 0 Å². The Bertz CT molecular complexity index is 406. The summed E-state index contributed by atoms with van der Waals surface area (Å²) in [4.78, 5) is 23.8. The molecular weight excluding hydrogens is 280 g/mol. The molecule has 0 aromatic heterocycles. The van der Waals surface area contributed by atoms with Gasteiger partial charge in [0.15, 0.2) is 0 Å². The molecule has 0 saturated heterocycles. The van der Waals surface area contributed by atoms with Crippen molar-refractivity contribution in [2.24, 2.45) is 35.5 Å². The summed E-state index contributed by atoms with van der Waals surface area (Å²) in [6, 6.07) is 0. The van der Waals surface area contributed by atoms with Crippen LogP contribution in [0.1, 0.15) is 65.2 Å². The molecule has 2 aliphatic rings. The molecule has 0 aromatic carbocycles. The first-order valence-corrected chi connectivity index (χ1v) is 8.98. The lowest BCUT2D eigenvalue weighted by atomic mass is 9.52. The number of fused-ring (bicyclic) bond motifs is 1. The molecule has 2 aliphatic carbocycles. The normalized spacial score (nSPS) is 38.3. The number of carboxylic acid groups (broad SMARTS) is 2. The number of rotatable bonds is 6. The smallest absolute Gasteiger partial charge is 0.307 e. The molecule has 4 nitrogen and oxygen atoms in total. The van der Waals surface area contributed by atoms with E-state index in [1.165, 1.54) is 6.42 Å². The molecule has 0 bridgehead atoms. The Morgan fingerprint density at radius 2 is 1.32 bits per heavy atom. The fourth-order valence-corrected chi connectivity index (χ4v) is 5.44. The molecule has 0 spiro atoms. The van der Waals surface area contributed by atoms with E-state index >= 15 is 0 Å². The predicted octanol–water partition coefficient (Wildman–Crippen LogP) is 4.04. The minimum atomic E-state index is -0.893. The first-order chi connectivity index (χ1) is 10.5. The van der Waals surface area contributed by atoms with Crippen molar-refractivity contribution in [3.63, 3.8) is 0 Å². The lowest BCUT2D eigenvalue weighted by Crippen LogP contribution is -2.52. The third-order valence-corrected chi connectivity index (χ3v) is 6.10. The van der Waals surface area contributed by atoms with Crippen LogP contribution in [0.3, 0.4) is 0 Å². The molecule has 0 aliphatic heterocycles. The molecule has 2 saturated carbocycles. The quantitative estimate of drug-likeness (QED) is 0.776. The zero-order valence-corrected chi connectivity index (χ0v) is 13.8. The van der Waals surface area contributed by atoms with Gasteiger partial charge in [0.2, 0.25) is 0 Å². The van der Waals surface area contributed by atoms with Gasteiger partial charge in [0, 0.05) is 0 Å². The van der Waals surface area contributed by atoms with Crippen LogP contribution < -0.4 is 0 Å². The van der Waals surface area contributed by atoms with Crippen LogP contribution in [0.4, 0.5) is 0 Å². The maximum atomic E-state index is 11.9. The van der Waals surface area contributed by atoms with E-state index in [0.717, 1.165) is 44.9 Å². The number of carboxylic acids is 2. The van der Waals surface area contributed by atoms with Crippen LogP contribution in [0.25, 0.3) is 0 Å². The molecule has 0 radical (unpaired) electrons. The molecule has 4 heteroatoms. The number of hydrogen-bond donors (Lipinski definition) is 2. The van der Waals surface area contributed by atoms with Gasteiger partial charge in [-0.2, -0.15) is 0 Å². The van der Waals surface area contributed by atoms with E-state index in [-0.39, 0.29) is 11.8 Å². The van der Waals surface area contributed by atoms with Crippen molar-refractivity contribution in [3.8, 4) is 0 Å². The third kappa shape index (κ3) is 3.16. The molecule has 6 unspecified atom stereocenters. The summed E-state index contributed by atoms with van der Waals surface area (Å²) >= 11 is 0. The van der Waals surface area contributed by atoms with Gasteiger partial charge in [-0.1, -0.05) is 46.0 Å². The second-order valence-corrected chi connectivity index (χ2v) is 7.25. The molecule has 0 aromatic rings. The van der Waals surface area contributed by atoms with Crippen molar-refractivity contribution in [3.05, 3.63) is 0 Å². The van der Waals surface area contributed by atoms with Crippen molar-refractivity contribution in [1.82, 2.24) is 0 Å². The molecule has 2 rings (SSSR count). The van der Waals surface area contributed by atoms with E-state index in [2.05, 4.69) is 13.8 Å². The zero-order chi connectivity index (χ0) is 16.3. The largest absolute Gasteiger partial charge is 0.481 e. The highest BCUT2D eigenvalue weighted by molar-refractivity contribution is 5.81. The van der Waals surface area contributed by atoms with Gasteiger partial charge < -0.3 is 10.2 Å². The topological polar surface area (TPSA) is 74.6 Å². The Morgan fingerprint density at radius 1 is 0.818 bits per heavy atom.